The van der Waals surface area contributed by atoms with Gasteiger partial charge >= 0.3 is 0 Å². The molecule has 4 nitrogen and oxygen atoms in total. The highest BCUT2D eigenvalue weighted by Gasteiger charge is 2.05. The van der Waals surface area contributed by atoms with Gasteiger partial charge in [-0.1, -0.05) is 26.0 Å². The maximum absolute atomic E-state index is 9.06. The lowest BCUT2D eigenvalue weighted by Crippen LogP contribution is -1.96. The van der Waals surface area contributed by atoms with Crippen LogP contribution in [0.5, 0.6) is 11.6 Å². The summed E-state index contributed by atoms with van der Waals surface area (Å²) in [7, 11) is 0. The number of rotatable bonds is 4. The maximum Gasteiger partial charge on any atom is 0.222 e. The number of aliphatic hydroxyl groups is 1. The molecule has 0 fully saturated rings. The summed E-state index contributed by atoms with van der Waals surface area (Å²) in [6.07, 6.45) is 1.50. The van der Waals surface area contributed by atoms with Gasteiger partial charge in [0.25, 0.3) is 0 Å². The summed E-state index contributed by atoms with van der Waals surface area (Å²) >= 11 is 0. The van der Waals surface area contributed by atoms with Crippen molar-refractivity contribution in [3.8, 4) is 11.6 Å². The predicted molar refractivity (Wildman–Crippen MR) is 68.6 cm³/mol. The van der Waals surface area contributed by atoms with Crippen LogP contribution in [-0.2, 0) is 6.61 Å². The van der Waals surface area contributed by atoms with Gasteiger partial charge in [-0.3, -0.25) is 0 Å². The molecule has 1 heterocycles. The third-order valence-electron chi connectivity index (χ3n) is 2.56. The van der Waals surface area contributed by atoms with Gasteiger partial charge in [0.1, 0.15) is 12.1 Å². The van der Waals surface area contributed by atoms with E-state index in [4.69, 9.17) is 9.84 Å². The lowest BCUT2D eigenvalue weighted by Gasteiger charge is -2.08. The molecule has 0 aliphatic rings. The molecule has 0 amide bonds. The standard InChI is InChI=1S/C14H16N2O2/c1-10(2)13-7-14(16-9-15-13)18-12-5-3-4-11(6-12)8-17/h3-7,9-10,17H,8H2,1-2H3. The Labute approximate surface area is 106 Å². The smallest absolute Gasteiger partial charge is 0.222 e. The molecule has 0 atom stereocenters. The fraction of sp³-hybridized carbons (Fsp3) is 0.286. The van der Waals surface area contributed by atoms with E-state index in [-0.39, 0.29) is 6.61 Å². The van der Waals surface area contributed by atoms with Gasteiger partial charge in [-0.25, -0.2) is 9.97 Å². The Morgan fingerprint density at radius 2 is 2.06 bits per heavy atom. The SMILES string of the molecule is CC(C)c1cc(Oc2cccc(CO)c2)ncn1. The van der Waals surface area contributed by atoms with Crippen molar-refractivity contribution in [1.29, 1.82) is 0 Å². The van der Waals surface area contributed by atoms with Gasteiger partial charge < -0.3 is 9.84 Å². The van der Waals surface area contributed by atoms with Gasteiger partial charge in [-0.2, -0.15) is 0 Å². The second-order valence-electron chi connectivity index (χ2n) is 4.34. The Balaban J connectivity index is 2.20. The van der Waals surface area contributed by atoms with Crippen molar-refractivity contribution in [2.75, 3.05) is 0 Å². The molecule has 2 rings (SSSR count). The topological polar surface area (TPSA) is 55.2 Å². The van der Waals surface area contributed by atoms with E-state index in [1.54, 1.807) is 6.07 Å². The summed E-state index contributed by atoms with van der Waals surface area (Å²) in [5, 5.41) is 9.06. The number of hydrogen-bond acceptors (Lipinski definition) is 4. The summed E-state index contributed by atoms with van der Waals surface area (Å²) in [4.78, 5) is 8.26. The van der Waals surface area contributed by atoms with Gasteiger partial charge in [-0.05, 0) is 23.6 Å². The molecule has 0 saturated carbocycles. The first-order valence-corrected chi connectivity index (χ1v) is 5.88. The minimum atomic E-state index is -0.00177. The average molecular weight is 244 g/mol. The first-order chi connectivity index (χ1) is 8.69. The molecule has 0 unspecified atom stereocenters. The zero-order valence-electron chi connectivity index (χ0n) is 10.5. The van der Waals surface area contributed by atoms with E-state index in [2.05, 4.69) is 23.8 Å². The van der Waals surface area contributed by atoms with Gasteiger partial charge in [0.2, 0.25) is 5.88 Å². The van der Waals surface area contributed by atoms with Gasteiger partial charge in [0.05, 0.1) is 12.3 Å². The van der Waals surface area contributed by atoms with Crippen molar-refractivity contribution in [2.45, 2.75) is 26.4 Å². The predicted octanol–water partition coefficient (Wildman–Crippen LogP) is 2.88. The Bertz CT molecular complexity index is 527. The van der Waals surface area contributed by atoms with Crippen LogP contribution in [0.25, 0.3) is 0 Å². The van der Waals surface area contributed by atoms with Crippen LogP contribution in [-0.4, -0.2) is 15.1 Å². The summed E-state index contributed by atoms with van der Waals surface area (Å²) in [5.41, 5.74) is 1.75. The number of aliphatic hydroxyl groups excluding tert-OH is 1. The van der Waals surface area contributed by atoms with Crippen LogP contribution in [0.3, 0.4) is 0 Å². The summed E-state index contributed by atoms with van der Waals surface area (Å²) < 4.78 is 5.65. The minimum absolute atomic E-state index is 0.00177. The third kappa shape index (κ3) is 3.05. The highest BCUT2D eigenvalue weighted by molar-refractivity contribution is 5.31. The summed E-state index contributed by atoms with van der Waals surface area (Å²) in [5.74, 6) is 1.51. The van der Waals surface area contributed by atoms with E-state index in [1.807, 2.05) is 24.3 Å². The molecule has 94 valence electrons. The molecular formula is C14H16N2O2. The Kier molecular flexibility index (Phi) is 3.89. The third-order valence-corrected chi connectivity index (χ3v) is 2.56. The highest BCUT2D eigenvalue weighted by atomic mass is 16.5. The fourth-order valence-electron chi connectivity index (χ4n) is 1.55. The van der Waals surface area contributed by atoms with Crippen LogP contribution in [0, 0.1) is 0 Å². The Morgan fingerprint density at radius 1 is 1.22 bits per heavy atom. The maximum atomic E-state index is 9.06. The molecule has 1 N–H and O–H groups in total. The second-order valence-corrected chi connectivity index (χ2v) is 4.34. The second kappa shape index (κ2) is 5.60. The van der Waals surface area contributed by atoms with Crippen LogP contribution < -0.4 is 4.74 Å². The molecule has 18 heavy (non-hydrogen) atoms. The van der Waals surface area contributed by atoms with Crippen LogP contribution in [0.1, 0.15) is 31.0 Å². The van der Waals surface area contributed by atoms with Gasteiger partial charge in [-0.15, -0.1) is 0 Å². The molecule has 0 aliphatic carbocycles. The fourth-order valence-corrected chi connectivity index (χ4v) is 1.55. The number of nitrogens with zero attached hydrogens (tertiary/aromatic N) is 2. The van der Waals surface area contributed by atoms with E-state index >= 15 is 0 Å². The number of hydrogen-bond donors (Lipinski definition) is 1. The van der Waals surface area contributed by atoms with E-state index < -0.39 is 0 Å². The van der Waals surface area contributed by atoms with E-state index in [1.165, 1.54) is 6.33 Å². The number of aromatic nitrogens is 2. The largest absolute Gasteiger partial charge is 0.439 e. The van der Waals surface area contributed by atoms with Crippen molar-refractivity contribution >= 4 is 0 Å². The Morgan fingerprint density at radius 3 is 2.78 bits per heavy atom. The van der Waals surface area contributed by atoms with Crippen molar-refractivity contribution in [3.05, 3.63) is 47.9 Å². The lowest BCUT2D eigenvalue weighted by molar-refractivity contribution is 0.281. The number of ether oxygens (including phenoxy) is 1. The normalized spacial score (nSPS) is 10.7. The number of benzene rings is 1. The zero-order valence-corrected chi connectivity index (χ0v) is 10.5. The zero-order chi connectivity index (χ0) is 13.0. The molecule has 2 aromatic rings. The van der Waals surface area contributed by atoms with Crippen molar-refractivity contribution in [3.63, 3.8) is 0 Å². The average Bonchev–Trinajstić information content (AvgIpc) is 2.39. The first kappa shape index (κ1) is 12.5. The van der Waals surface area contributed by atoms with E-state index in [9.17, 15) is 0 Å². The van der Waals surface area contributed by atoms with Crippen LogP contribution in [0.15, 0.2) is 36.7 Å². The lowest BCUT2D eigenvalue weighted by atomic mass is 10.1. The quantitative estimate of drug-likeness (QED) is 0.898. The molecular weight excluding hydrogens is 228 g/mol. The van der Waals surface area contributed by atoms with Crippen LogP contribution in [0.4, 0.5) is 0 Å². The van der Waals surface area contributed by atoms with Crippen LogP contribution in [0.2, 0.25) is 0 Å². The Hall–Kier alpha value is -1.94. The van der Waals surface area contributed by atoms with E-state index in [0.717, 1.165) is 11.3 Å². The molecule has 4 heteroatoms. The molecule has 0 spiro atoms. The van der Waals surface area contributed by atoms with Crippen molar-refractivity contribution in [1.82, 2.24) is 9.97 Å². The van der Waals surface area contributed by atoms with E-state index in [0.29, 0.717) is 17.5 Å². The molecule has 0 aliphatic heterocycles. The minimum Gasteiger partial charge on any atom is -0.439 e. The first-order valence-electron chi connectivity index (χ1n) is 5.88. The molecule has 0 radical (unpaired) electrons. The summed E-state index contributed by atoms with van der Waals surface area (Å²) in [6.45, 7) is 4.13. The molecule has 1 aromatic heterocycles. The molecule has 1 aromatic carbocycles. The van der Waals surface area contributed by atoms with Gasteiger partial charge in [0, 0.05) is 6.07 Å². The van der Waals surface area contributed by atoms with Crippen molar-refractivity contribution in [2.24, 2.45) is 0 Å². The molecule has 0 saturated heterocycles. The van der Waals surface area contributed by atoms with Gasteiger partial charge in [0.15, 0.2) is 0 Å². The summed E-state index contributed by atoms with van der Waals surface area (Å²) in [6, 6.07) is 9.13. The highest BCUT2D eigenvalue weighted by Crippen LogP contribution is 2.22. The monoisotopic (exact) mass is 244 g/mol. The van der Waals surface area contributed by atoms with Crippen LogP contribution >= 0.6 is 0 Å². The van der Waals surface area contributed by atoms with Crippen molar-refractivity contribution < 1.29 is 9.84 Å². The molecule has 0 bridgehead atoms.